The van der Waals surface area contributed by atoms with E-state index in [9.17, 15) is 13.2 Å². The van der Waals surface area contributed by atoms with Crippen LogP contribution in [0.3, 0.4) is 0 Å². The van der Waals surface area contributed by atoms with E-state index in [4.69, 9.17) is 5.14 Å². The monoisotopic (exact) mass is 402 g/mol. The Morgan fingerprint density at radius 1 is 1.11 bits per heavy atom. The smallest absolute Gasteiger partial charge is 0.259 e. The number of nitrogens with two attached hydrogens (primary N) is 1. The minimum atomic E-state index is -3.84. The SMILES string of the molecule is Cc1cc(C)c(C(=O)Nc2cccc(S(N)(=O)=O)c2)c(N2CCCCCC2)n1. The van der Waals surface area contributed by atoms with Crippen molar-refractivity contribution in [2.75, 3.05) is 23.3 Å². The molecule has 8 heteroatoms. The minimum Gasteiger partial charge on any atom is -0.356 e. The number of rotatable bonds is 4. The molecule has 1 aromatic carbocycles. The Bertz CT molecular complexity index is 981. The van der Waals surface area contributed by atoms with Crippen molar-refractivity contribution in [1.82, 2.24) is 4.98 Å². The van der Waals surface area contributed by atoms with Gasteiger partial charge in [0.1, 0.15) is 5.82 Å². The zero-order valence-electron chi connectivity index (χ0n) is 16.2. The maximum Gasteiger partial charge on any atom is 0.259 e. The number of benzene rings is 1. The van der Waals surface area contributed by atoms with E-state index in [-0.39, 0.29) is 10.8 Å². The van der Waals surface area contributed by atoms with Gasteiger partial charge in [-0.3, -0.25) is 4.79 Å². The first kappa shape index (κ1) is 20.3. The molecule has 1 aliphatic rings. The van der Waals surface area contributed by atoms with E-state index in [0.29, 0.717) is 17.1 Å². The first-order valence-corrected chi connectivity index (χ1v) is 11.0. The van der Waals surface area contributed by atoms with Crippen LogP contribution >= 0.6 is 0 Å². The van der Waals surface area contributed by atoms with Crippen LogP contribution in [0.25, 0.3) is 0 Å². The van der Waals surface area contributed by atoms with Gasteiger partial charge in [0.25, 0.3) is 5.91 Å². The molecule has 1 aliphatic heterocycles. The summed E-state index contributed by atoms with van der Waals surface area (Å²) in [5.41, 5.74) is 2.60. The molecule has 0 radical (unpaired) electrons. The molecule has 1 saturated heterocycles. The van der Waals surface area contributed by atoms with Crippen LogP contribution in [0.5, 0.6) is 0 Å². The van der Waals surface area contributed by atoms with Gasteiger partial charge >= 0.3 is 0 Å². The molecule has 1 amide bonds. The first-order chi connectivity index (χ1) is 13.3. The number of hydrogen-bond donors (Lipinski definition) is 2. The molecular weight excluding hydrogens is 376 g/mol. The van der Waals surface area contributed by atoms with Gasteiger partial charge in [-0.2, -0.15) is 0 Å². The molecule has 2 heterocycles. The van der Waals surface area contributed by atoms with Crippen LogP contribution in [-0.4, -0.2) is 32.4 Å². The Labute approximate surface area is 166 Å². The number of primary sulfonamides is 1. The van der Waals surface area contributed by atoms with Crippen LogP contribution < -0.4 is 15.4 Å². The van der Waals surface area contributed by atoms with Crippen LogP contribution in [0, 0.1) is 13.8 Å². The highest BCUT2D eigenvalue weighted by Gasteiger charge is 2.22. The molecule has 0 bridgehead atoms. The molecule has 0 saturated carbocycles. The molecule has 0 atom stereocenters. The van der Waals surface area contributed by atoms with E-state index >= 15 is 0 Å². The second-order valence-electron chi connectivity index (χ2n) is 7.21. The summed E-state index contributed by atoms with van der Waals surface area (Å²) in [5.74, 6) is 0.385. The van der Waals surface area contributed by atoms with Gasteiger partial charge in [0.15, 0.2) is 0 Å². The number of sulfonamides is 1. The summed E-state index contributed by atoms with van der Waals surface area (Å²) < 4.78 is 23.1. The molecule has 0 spiro atoms. The first-order valence-electron chi connectivity index (χ1n) is 9.43. The van der Waals surface area contributed by atoms with Crippen LogP contribution in [0.4, 0.5) is 11.5 Å². The van der Waals surface area contributed by atoms with Crippen LogP contribution in [0.1, 0.15) is 47.3 Å². The second kappa shape index (κ2) is 8.28. The Balaban J connectivity index is 1.95. The molecule has 0 unspecified atom stereocenters. The summed E-state index contributed by atoms with van der Waals surface area (Å²) in [6, 6.07) is 7.82. The zero-order valence-corrected chi connectivity index (χ0v) is 17.1. The summed E-state index contributed by atoms with van der Waals surface area (Å²) in [7, 11) is -3.84. The number of pyridine rings is 1. The summed E-state index contributed by atoms with van der Waals surface area (Å²) in [4.78, 5) is 19.9. The van der Waals surface area contributed by atoms with Crippen molar-refractivity contribution >= 4 is 27.4 Å². The lowest BCUT2D eigenvalue weighted by Gasteiger charge is -2.25. The van der Waals surface area contributed by atoms with Gasteiger partial charge in [-0.15, -0.1) is 0 Å². The van der Waals surface area contributed by atoms with E-state index in [1.807, 2.05) is 19.9 Å². The maximum atomic E-state index is 13.1. The average molecular weight is 403 g/mol. The number of nitrogens with one attached hydrogen (secondary N) is 1. The highest BCUT2D eigenvalue weighted by molar-refractivity contribution is 7.89. The van der Waals surface area contributed by atoms with E-state index in [1.165, 1.54) is 25.0 Å². The van der Waals surface area contributed by atoms with Crippen molar-refractivity contribution in [1.29, 1.82) is 0 Å². The summed E-state index contributed by atoms with van der Waals surface area (Å²) in [5, 5.41) is 7.99. The highest BCUT2D eigenvalue weighted by Crippen LogP contribution is 2.26. The maximum absolute atomic E-state index is 13.1. The zero-order chi connectivity index (χ0) is 20.3. The van der Waals surface area contributed by atoms with Crippen LogP contribution in [0.15, 0.2) is 35.2 Å². The number of carbonyl (C=O) groups excluding carboxylic acids is 1. The van der Waals surface area contributed by atoms with Crippen molar-refractivity contribution in [3.8, 4) is 0 Å². The lowest BCUT2D eigenvalue weighted by Crippen LogP contribution is -2.29. The predicted molar refractivity (Wildman–Crippen MR) is 110 cm³/mol. The van der Waals surface area contributed by atoms with Gasteiger partial charge in [0.05, 0.1) is 10.5 Å². The highest BCUT2D eigenvalue weighted by atomic mass is 32.2. The largest absolute Gasteiger partial charge is 0.356 e. The Kier molecular flexibility index (Phi) is 6.00. The second-order valence-corrected chi connectivity index (χ2v) is 8.77. The van der Waals surface area contributed by atoms with Crippen molar-refractivity contribution in [3.05, 3.63) is 47.2 Å². The normalized spacial score (nSPS) is 15.2. The molecule has 2 aromatic rings. The number of hydrogen-bond acceptors (Lipinski definition) is 5. The molecule has 3 N–H and O–H groups in total. The number of carbonyl (C=O) groups is 1. The van der Waals surface area contributed by atoms with Gasteiger partial charge in [0, 0.05) is 24.5 Å². The lowest BCUT2D eigenvalue weighted by atomic mass is 10.1. The van der Waals surface area contributed by atoms with Crippen LogP contribution in [-0.2, 0) is 10.0 Å². The fraction of sp³-hybridized carbons (Fsp3) is 0.400. The lowest BCUT2D eigenvalue weighted by molar-refractivity contribution is 0.102. The number of anilines is 2. The van der Waals surface area contributed by atoms with Gasteiger partial charge in [-0.1, -0.05) is 18.9 Å². The molecule has 7 nitrogen and oxygen atoms in total. The van der Waals surface area contributed by atoms with Crippen molar-refractivity contribution in [3.63, 3.8) is 0 Å². The topological polar surface area (TPSA) is 105 Å². The average Bonchev–Trinajstić information content (AvgIpc) is 2.89. The van der Waals surface area contributed by atoms with Gasteiger partial charge < -0.3 is 10.2 Å². The standard InChI is InChI=1S/C20H26N4O3S/c1-14-12-15(2)22-19(24-10-5-3-4-6-11-24)18(14)20(25)23-16-8-7-9-17(13-16)28(21,26)27/h7-9,12-13H,3-6,10-11H2,1-2H3,(H,23,25)(H2,21,26,27). The van der Waals surface area contributed by atoms with Gasteiger partial charge in [-0.25, -0.2) is 18.5 Å². The molecule has 1 fully saturated rings. The van der Waals surface area contributed by atoms with Gasteiger partial charge in [0.2, 0.25) is 10.0 Å². The van der Waals surface area contributed by atoms with E-state index in [0.717, 1.165) is 37.2 Å². The molecule has 0 aliphatic carbocycles. The van der Waals surface area contributed by atoms with Crippen molar-refractivity contribution in [2.45, 2.75) is 44.4 Å². The third-order valence-electron chi connectivity index (χ3n) is 4.88. The molecule has 3 rings (SSSR count). The number of aryl methyl sites for hydroxylation is 2. The Hall–Kier alpha value is -2.45. The van der Waals surface area contributed by atoms with Crippen molar-refractivity contribution < 1.29 is 13.2 Å². The third kappa shape index (κ3) is 4.69. The molecular formula is C20H26N4O3S. The summed E-state index contributed by atoms with van der Waals surface area (Å²) in [6.07, 6.45) is 4.52. The number of amides is 1. The van der Waals surface area contributed by atoms with Crippen LogP contribution in [0.2, 0.25) is 0 Å². The summed E-state index contributed by atoms with van der Waals surface area (Å²) >= 11 is 0. The molecule has 1 aromatic heterocycles. The fourth-order valence-corrected chi connectivity index (χ4v) is 4.11. The Morgan fingerprint density at radius 3 is 2.43 bits per heavy atom. The molecule has 28 heavy (non-hydrogen) atoms. The van der Waals surface area contributed by atoms with Crippen molar-refractivity contribution in [2.24, 2.45) is 5.14 Å². The number of nitrogens with zero attached hydrogens (tertiary/aromatic N) is 2. The predicted octanol–water partition coefficient (Wildman–Crippen LogP) is 2.98. The minimum absolute atomic E-state index is 0.0446. The van der Waals surface area contributed by atoms with E-state index in [2.05, 4.69) is 15.2 Å². The third-order valence-corrected chi connectivity index (χ3v) is 5.79. The van der Waals surface area contributed by atoms with E-state index in [1.54, 1.807) is 12.1 Å². The number of aromatic nitrogens is 1. The summed E-state index contributed by atoms with van der Waals surface area (Å²) in [6.45, 7) is 5.56. The molecule has 150 valence electrons. The van der Waals surface area contributed by atoms with E-state index < -0.39 is 10.0 Å². The Morgan fingerprint density at radius 2 is 1.79 bits per heavy atom. The fourth-order valence-electron chi connectivity index (χ4n) is 3.55. The van der Waals surface area contributed by atoms with Gasteiger partial charge in [-0.05, 0) is 56.5 Å². The quantitative estimate of drug-likeness (QED) is 0.818.